The minimum absolute atomic E-state index is 0.0236. The zero-order valence-corrected chi connectivity index (χ0v) is 10.9. The largest absolute Gasteiger partial charge is 0.508 e. The van der Waals surface area contributed by atoms with E-state index < -0.39 is 0 Å². The highest BCUT2D eigenvalue weighted by molar-refractivity contribution is 5.76. The number of hydrogen-bond donors (Lipinski definition) is 1. The van der Waals surface area contributed by atoms with Crippen LogP contribution in [0.4, 0.5) is 0 Å². The van der Waals surface area contributed by atoms with Crippen LogP contribution in [0.5, 0.6) is 11.5 Å². The predicted octanol–water partition coefficient (Wildman–Crippen LogP) is 3.29. The molecule has 0 aliphatic heterocycles. The second kappa shape index (κ2) is 6.05. The Morgan fingerprint density at radius 1 is 1.50 bits per heavy atom. The van der Waals surface area contributed by atoms with Gasteiger partial charge in [0.25, 0.3) is 0 Å². The summed E-state index contributed by atoms with van der Waals surface area (Å²) < 4.78 is 5.36. The maximum absolute atomic E-state index is 10.4. The number of phenols is 1. The summed E-state index contributed by atoms with van der Waals surface area (Å²) in [5.74, 6) is 0.721. The SMILES string of the molecule is C=C(C)C(C)c1c(O)ccc(/C=C/C=O)c1OC. The molecule has 0 saturated heterocycles. The predicted molar refractivity (Wildman–Crippen MR) is 73.0 cm³/mol. The number of phenolic OH excluding ortho intramolecular Hbond substituents is 1. The molecule has 0 amide bonds. The van der Waals surface area contributed by atoms with E-state index in [-0.39, 0.29) is 11.7 Å². The molecule has 0 heterocycles. The zero-order valence-electron chi connectivity index (χ0n) is 10.9. The molecule has 1 aromatic carbocycles. The molecule has 1 rings (SSSR count). The maximum atomic E-state index is 10.4. The molecule has 0 radical (unpaired) electrons. The van der Waals surface area contributed by atoms with Crippen molar-refractivity contribution in [2.75, 3.05) is 7.11 Å². The molecule has 18 heavy (non-hydrogen) atoms. The Morgan fingerprint density at radius 3 is 2.67 bits per heavy atom. The van der Waals surface area contributed by atoms with Crippen molar-refractivity contribution in [1.82, 2.24) is 0 Å². The molecular weight excluding hydrogens is 228 g/mol. The van der Waals surface area contributed by atoms with Crippen molar-refractivity contribution >= 4 is 12.4 Å². The Hall–Kier alpha value is -2.03. The van der Waals surface area contributed by atoms with Crippen LogP contribution in [0.3, 0.4) is 0 Å². The van der Waals surface area contributed by atoms with E-state index in [2.05, 4.69) is 6.58 Å². The maximum Gasteiger partial charge on any atom is 0.142 e. The summed E-state index contributed by atoms with van der Waals surface area (Å²) in [4.78, 5) is 10.4. The van der Waals surface area contributed by atoms with Crippen LogP contribution >= 0.6 is 0 Å². The van der Waals surface area contributed by atoms with E-state index in [0.717, 1.165) is 11.1 Å². The van der Waals surface area contributed by atoms with Gasteiger partial charge in [0, 0.05) is 17.0 Å². The van der Waals surface area contributed by atoms with Crippen molar-refractivity contribution in [3.8, 4) is 11.5 Å². The minimum Gasteiger partial charge on any atom is -0.508 e. The molecule has 0 spiro atoms. The fraction of sp³-hybridized carbons (Fsp3) is 0.267. The highest BCUT2D eigenvalue weighted by atomic mass is 16.5. The first-order valence-electron chi connectivity index (χ1n) is 5.70. The van der Waals surface area contributed by atoms with Gasteiger partial charge < -0.3 is 9.84 Å². The number of rotatable bonds is 5. The summed E-state index contributed by atoms with van der Waals surface area (Å²) in [5, 5.41) is 9.98. The van der Waals surface area contributed by atoms with Crippen LogP contribution in [0.15, 0.2) is 30.4 Å². The molecule has 3 heteroatoms. The van der Waals surface area contributed by atoms with Gasteiger partial charge in [0.15, 0.2) is 0 Å². The number of carbonyl (C=O) groups is 1. The van der Waals surface area contributed by atoms with Crippen molar-refractivity contribution in [3.05, 3.63) is 41.5 Å². The summed E-state index contributed by atoms with van der Waals surface area (Å²) in [7, 11) is 1.54. The van der Waals surface area contributed by atoms with Crippen LogP contribution in [-0.2, 0) is 4.79 Å². The van der Waals surface area contributed by atoms with Gasteiger partial charge in [0.1, 0.15) is 17.8 Å². The number of hydrogen-bond acceptors (Lipinski definition) is 3. The third-order valence-electron chi connectivity index (χ3n) is 2.93. The molecule has 0 aliphatic carbocycles. The second-order valence-corrected chi connectivity index (χ2v) is 4.18. The number of methoxy groups -OCH3 is 1. The monoisotopic (exact) mass is 246 g/mol. The lowest BCUT2D eigenvalue weighted by Crippen LogP contribution is -2.01. The molecule has 1 N–H and O–H groups in total. The van der Waals surface area contributed by atoms with Gasteiger partial charge in [-0.2, -0.15) is 0 Å². The topological polar surface area (TPSA) is 46.5 Å². The average molecular weight is 246 g/mol. The number of benzene rings is 1. The molecule has 0 bridgehead atoms. The summed E-state index contributed by atoms with van der Waals surface area (Å²) in [5.41, 5.74) is 2.38. The van der Waals surface area contributed by atoms with Gasteiger partial charge in [-0.05, 0) is 31.2 Å². The molecule has 0 aromatic heterocycles. The number of ether oxygens (including phenoxy) is 1. The molecule has 1 unspecified atom stereocenters. The lowest BCUT2D eigenvalue weighted by atomic mass is 9.91. The molecule has 0 fully saturated rings. The Bertz CT molecular complexity index is 487. The van der Waals surface area contributed by atoms with Crippen LogP contribution in [0.25, 0.3) is 6.08 Å². The van der Waals surface area contributed by atoms with Gasteiger partial charge in [0.05, 0.1) is 7.11 Å². The van der Waals surface area contributed by atoms with Gasteiger partial charge in [-0.3, -0.25) is 4.79 Å². The van der Waals surface area contributed by atoms with Gasteiger partial charge in [-0.1, -0.05) is 19.1 Å². The first-order chi connectivity index (χ1) is 8.52. The molecule has 0 saturated carbocycles. The van der Waals surface area contributed by atoms with Crippen LogP contribution < -0.4 is 4.74 Å². The Balaban J connectivity index is 3.43. The van der Waals surface area contributed by atoms with Crippen LogP contribution in [0, 0.1) is 0 Å². The summed E-state index contributed by atoms with van der Waals surface area (Å²) >= 11 is 0. The fourth-order valence-electron chi connectivity index (χ4n) is 1.77. The lowest BCUT2D eigenvalue weighted by molar-refractivity contribution is -0.104. The number of carbonyl (C=O) groups excluding carboxylic acids is 1. The molecule has 3 nitrogen and oxygen atoms in total. The van der Waals surface area contributed by atoms with Crippen molar-refractivity contribution in [1.29, 1.82) is 0 Å². The van der Waals surface area contributed by atoms with Crippen LogP contribution in [-0.4, -0.2) is 18.5 Å². The summed E-state index contributed by atoms with van der Waals surface area (Å²) in [6, 6.07) is 3.31. The van der Waals surface area contributed by atoms with E-state index in [1.165, 1.54) is 6.08 Å². The quantitative estimate of drug-likeness (QED) is 0.492. The van der Waals surface area contributed by atoms with Gasteiger partial charge in [-0.15, -0.1) is 0 Å². The molecule has 96 valence electrons. The summed E-state index contributed by atoms with van der Waals surface area (Å²) in [6.07, 6.45) is 3.75. The van der Waals surface area contributed by atoms with Gasteiger partial charge >= 0.3 is 0 Å². The highest BCUT2D eigenvalue weighted by Crippen LogP contribution is 2.40. The Labute approximate surface area is 107 Å². The number of aldehydes is 1. The normalized spacial score (nSPS) is 12.4. The van der Waals surface area contributed by atoms with E-state index in [1.807, 2.05) is 13.8 Å². The van der Waals surface area contributed by atoms with Gasteiger partial charge in [-0.25, -0.2) is 0 Å². The number of aromatic hydroxyl groups is 1. The highest BCUT2D eigenvalue weighted by Gasteiger charge is 2.19. The fourth-order valence-corrected chi connectivity index (χ4v) is 1.77. The molecule has 0 aliphatic rings. The minimum atomic E-state index is -0.0236. The van der Waals surface area contributed by atoms with Crippen LogP contribution in [0.2, 0.25) is 0 Å². The van der Waals surface area contributed by atoms with E-state index in [0.29, 0.717) is 17.6 Å². The molecular formula is C15H18O3. The van der Waals surface area contributed by atoms with Crippen LogP contribution in [0.1, 0.15) is 30.9 Å². The Morgan fingerprint density at radius 2 is 2.17 bits per heavy atom. The van der Waals surface area contributed by atoms with E-state index in [4.69, 9.17) is 4.74 Å². The lowest BCUT2D eigenvalue weighted by Gasteiger charge is -2.19. The zero-order chi connectivity index (χ0) is 13.7. The number of allylic oxidation sites excluding steroid dienone is 2. The first kappa shape index (κ1) is 14.0. The molecule has 1 atom stereocenters. The van der Waals surface area contributed by atoms with Crippen molar-refractivity contribution in [2.24, 2.45) is 0 Å². The van der Waals surface area contributed by atoms with E-state index >= 15 is 0 Å². The second-order valence-electron chi connectivity index (χ2n) is 4.18. The Kier molecular flexibility index (Phi) is 4.72. The van der Waals surface area contributed by atoms with E-state index in [1.54, 1.807) is 25.3 Å². The van der Waals surface area contributed by atoms with E-state index in [9.17, 15) is 9.90 Å². The summed E-state index contributed by atoms with van der Waals surface area (Å²) in [6.45, 7) is 7.75. The third kappa shape index (κ3) is 2.80. The van der Waals surface area contributed by atoms with Gasteiger partial charge in [0.2, 0.25) is 0 Å². The smallest absolute Gasteiger partial charge is 0.142 e. The average Bonchev–Trinajstić information content (AvgIpc) is 2.35. The van der Waals surface area contributed by atoms with Crippen molar-refractivity contribution < 1.29 is 14.6 Å². The first-order valence-corrected chi connectivity index (χ1v) is 5.70. The van der Waals surface area contributed by atoms with Crippen molar-refractivity contribution in [2.45, 2.75) is 19.8 Å². The standard InChI is InChI=1S/C15H18O3/c1-10(2)11(3)14-13(17)8-7-12(6-5-9-16)15(14)18-4/h5-9,11,17H,1H2,2-4H3/b6-5+. The molecule has 1 aromatic rings. The third-order valence-corrected chi connectivity index (χ3v) is 2.93. The van der Waals surface area contributed by atoms with Crippen molar-refractivity contribution in [3.63, 3.8) is 0 Å².